The zero-order valence-electron chi connectivity index (χ0n) is 33.0. The number of benzene rings is 7. The molecule has 0 aliphatic rings. The van der Waals surface area contributed by atoms with Gasteiger partial charge in [-0.2, -0.15) is 8.75 Å². The average molecular weight is 839 g/mol. The first-order valence-electron chi connectivity index (χ1n) is 20.1. The molecule has 7 aromatic carbocycles. The summed E-state index contributed by atoms with van der Waals surface area (Å²) in [4.78, 5) is 9.28. The second-order valence-electron chi connectivity index (χ2n) is 14.4. The number of nitrogens with zero attached hydrogens (tertiary/aromatic N) is 4. The summed E-state index contributed by atoms with van der Waals surface area (Å²) >= 11 is 4.81. The van der Waals surface area contributed by atoms with Crippen LogP contribution in [0.2, 0.25) is 0 Å². The molecule has 0 fully saturated rings. The first kappa shape index (κ1) is 38.1. The van der Waals surface area contributed by atoms with Gasteiger partial charge in [0, 0.05) is 64.8 Å². The molecular formula is C54H38N4S3. The van der Waals surface area contributed by atoms with Crippen LogP contribution in [-0.2, 0) is 0 Å². The van der Waals surface area contributed by atoms with E-state index in [-0.39, 0.29) is 0 Å². The lowest BCUT2D eigenvalue weighted by molar-refractivity contribution is 1.28. The maximum Gasteiger partial charge on any atom is 0.114 e. The van der Waals surface area contributed by atoms with E-state index in [1.165, 1.54) is 31.2 Å². The molecule has 0 saturated heterocycles. The minimum absolute atomic E-state index is 0.947. The van der Waals surface area contributed by atoms with E-state index in [0.717, 1.165) is 67.4 Å². The molecule has 7 heteroatoms. The Morgan fingerprint density at radius 1 is 0.311 bits per heavy atom. The van der Waals surface area contributed by atoms with Gasteiger partial charge >= 0.3 is 0 Å². The van der Waals surface area contributed by atoms with Crippen molar-refractivity contribution in [2.75, 3.05) is 9.80 Å². The molecule has 0 radical (unpaired) electrons. The van der Waals surface area contributed by atoms with Crippen LogP contribution in [0.4, 0.5) is 34.1 Å². The van der Waals surface area contributed by atoms with Crippen LogP contribution >= 0.6 is 34.4 Å². The molecule has 292 valence electrons. The molecule has 0 spiro atoms. The third kappa shape index (κ3) is 8.36. The van der Waals surface area contributed by atoms with Gasteiger partial charge in [-0.15, -0.1) is 22.7 Å². The number of thiophene rings is 2. The van der Waals surface area contributed by atoms with Crippen molar-refractivity contribution in [3.63, 3.8) is 0 Å². The van der Waals surface area contributed by atoms with Crippen molar-refractivity contribution >= 4 is 104 Å². The number of rotatable bonds is 12. The zero-order chi connectivity index (χ0) is 40.8. The van der Waals surface area contributed by atoms with E-state index < -0.39 is 0 Å². The Hall–Kier alpha value is -7.16. The topological polar surface area (TPSA) is 32.3 Å². The first-order valence-corrected chi connectivity index (χ1v) is 22.4. The lowest BCUT2D eigenvalue weighted by atomic mass is 10.1. The molecule has 0 amide bonds. The third-order valence-corrected chi connectivity index (χ3v) is 13.1. The molecule has 0 N–H and O–H groups in total. The summed E-state index contributed by atoms with van der Waals surface area (Å²) in [5.41, 5.74) is 13.1. The number of aromatic nitrogens is 2. The number of hydrogen-bond donors (Lipinski definition) is 0. The molecule has 0 aliphatic heterocycles. The number of para-hydroxylation sites is 4. The third-order valence-electron chi connectivity index (χ3n) is 10.4. The van der Waals surface area contributed by atoms with Crippen LogP contribution in [0.15, 0.2) is 206 Å². The fourth-order valence-corrected chi connectivity index (χ4v) is 9.91. The van der Waals surface area contributed by atoms with Crippen molar-refractivity contribution in [1.82, 2.24) is 8.75 Å². The van der Waals surface area contributed by atoms with Crippen LogP contribution in [0.25, 0.3) is 56.2 Å². The summed E-state index contributed by atoms with van der Waals surface area (Å²) in [5.74, 6) is 0. The number of hydrogen-bond acceptors (Lipinski definition) is 7. The molecule has 0 aliphatic carbocycles. The van der Waals surface area contributed by atoms with Crippen molar-refractivity contribution in [2.24, 2.45) is 0 Å². The Balaban J connectivity index is 0.833. The van der Waals surface area contributed by atoms with E-state index in [4.69, 9.17) is 8.75 Å². The molecule has 61 heavy (non-hydrogen) atoms. The summed E-state index contributed by atoms with van der Waals surface area (Å²) in [6.45, 7) is 0. The van der Waals surface area contributed by atoms with Gasteiger partial charge in [-0.25, -0.2) is 0 Å². The molecule has 10 rings (SSSR count). The van der Waals surface area contributed by atoms with Crippen LogP contribution in [-0.4, -0.2) is 8.75 Å². The predicted octanol–water partition coefficient (Wildman–Crippen LogP) is 16.4. The van der Waals surface area contributed by atoms with Gasteiger partial charge in [-0.1, -0.05) is 121 Å². The van der Waals surface area contributed by atoms with Gasteiger partial charge in [0.1, 0.15) is 11.0 Å². The molecular weight excluding hydrogens is 801 g/mol. The number of anilines is 6. The van der Waals surface area contributed by atoms with Crippen molar-refractivity contribution in [3.05, 3.63) is 227 Å². The predicted molar refractivity (Wildman–Crippen MR) is 264 cm³/mol. The largest absolute Gasteiger partial charge is 0.311 e. The van der Waals surface area contributed by atoms with Gasteiger partial charge in [0.25, 0.3) is 0 Å². The molecule has 0 bridgehead atoms. The molecule has 3 aromatic heterocycles. The summed E-state index contributed by atoms with van der Waals surface area (Å²) in [7, 11) is 0. The van der Waals surface area contributed by atoms with Gasteiger partial charge in [-0.05, 0) is 120 Å². The van der Waals surface area contributed by atoms with Crippen molar-refractivity contribution in [2.45, 2.75) is 0 Å². The molecule has 0 saturated carbocycles. The van der Waals surface area contributed by atoms with E-state index in [9.17, 15) is 0 Å². The maximum atomic E-state index is 4.79. The second kappa shape index (κ2) is 17.6. The Labute approximate surface area is 368 Å². The van der Waals surface area contributed by atoms with E-state index in [1.54, 1.807) is 22.7 Å². The Morgan fingerprint density at radius 2 is 0.639 bits per heavy atom. The molecule has 10 aromatic rings. The second-order valence-corrected chi connectivity index (χ2v) is 17.1. The SMILES string of the molecule is C(=C\c1ccc(-c2ccc(-c3ccc(/C=C/c4ccc(N(c5ccccc5)c5ccccc5)cc4)s3)c3nsnc23)s1)/c1ccc(N(c2ccccc2)c2ccccc2)cc1. The monoisotopic (exact) mass is 838 g/mol. The smallest absolute Gasteiger partial charge is 0.114 e. The standard InChI is InChI=1S/C54H38N4S3/c1-5-13-41(14-6-1)57(42-15-7-2-8-16-42)45-27-21-39(22-28-45)25-31-47-33-37-51(59-47)49-35-36-50(54-53(49)55-61-56-54)52-38-34-48(60-52)32-26-40-23-29-46(30-24-40)58(43-17-9-3-10-18-43)44-19-11-4-12-20-44/h1-38H/b31-25+,32-26+. The van der Waals surface area contributed by atoms with Crippen LogP contribution in [0.3, 0.4) is 0 Å². The molecule has 4 nitrogen and oxygen atoms in total. The maximum absolute atomic E-state index is 4.79. The van der Waals surface area contributed by atoms with Crippen molar-refractivity contribution < 1.29 is 0 Å². The highest BCUT2D eigenvalue weighted by molar-refractivity contribution is 7.17. The van der Waals surface area contributed by atoms with Gasteiger partial charge in [0.2, 0.25) is 0 Å². The fourth-order valence-electron chi connectivity index (χ4n) is 7.47. The van der Waals surface area contributed by atoms with Gasteiger partial charge in [-0.3, -0.25) is 0 Å². The Bertz CT molecular complexity index is 2770. The van der Waals surface area contributed by atoms with Crippen LogP contribution in [0.5, 0.6) is 0 Å². The van der Waals surface area contributed by atoms with Crippen LogP contribution < -0.4 is 9.80 Å². The van der Waals surface area contributed by atoms with Crippen molar-refractivity contribution in [1.29, 1.82) is 0 Å². The molecule has 3 heterocycles. The van der Waals surface area contributed by atoms with Crippen LogP contribution in [0, 0.1) is 0 Å². The number of fused-ring (bicyclic) bond motifs is 1. The summed E-state index contributed by atoms with van der Waals surface area (Å²) in [6.07, 6.45) is 8.75. The Kier molecular flexibility index (Phi) is 11.0. The summed E-state index contributed by atoms with van der Waals surface area (Å²) < 4.78 is 9.59. The quantitative estimate of drug-likeness (QED) is 0.123. The fraction of sp³-hybridized carbons (Fsp3) is 0. The Morgan fingerprint density at radius 3 is 0.984 bits per heavy atom. The molecule has 0 atom stereocenters. The van der Waals surface area contributed by atoms with E-state index in [0.29, 0.717) is 0 Å². The van der Waals surface area contributed by atoms with Crippen LogP contribution in [0.1, 0.15) is 20.9 Å². The lowest BCUT2D eigenvalue weighted by Crippen LogP contribution is -2.09. The highest BCUT2D eigenvalue weighted by Crippen LogP contribution is 2.41. The normalized spacial score (nSPS) is 11.5. The van der Waals surface area contributed by atoms with E-state index >= 15 is 0 Å². The summed E-state index contributed by atoms with van der Waals surface area (Å²) in [5, 5.41) is 0. The first-order chi connectivity index (χ1) is 30.2. The van der Waals surface area contributed by atoms with Crippen molar-refractivity contribution in [3.8, 4) is 20.9 Å². The average Bonchev–Trinajstić information content (AvgIpc) is 4.13. The van der Waals surface area contributed by atoms with E-state index in [2.05, 4.69) is 240 Å². The lowest BCUT2D eigenvalue weighted by Gasteiger charge is -2.25. The zero-order valence-corrected chi connectivity index (χ0v) is 35.4. The summed E-state index contributed by atoms with van der Waals surface area (Å²) in [6, 6.07) is 72.6. The van der Waals surface area contributed by atoms with Gasteiger partial charge in [0.05, 0.1) is 11.7 Å². The highest BCUT2D eigenvalue weighted by atomic mass is 32.1. The van der Waals surface area contributed by atoms with Gasteiger partial charge in [0.15, 0.2) is 0 Å². The highest BCUT2D eigenvalue weighted by Gasteiger charge is 2.17. The minimum atomic E-state index is 0.947. The minimum Gasteiger partial charge on any atom is -0.311 e. The van der Waals surface area contributed by atoms with Gasteiger partial charge < -0.3 is 9.80 Å². The molecule has 0 unspecified atom stereocenters. The van der Waals surface area contributed by atoms with E-state index in [1.807, 2.05) is 0 Å².